The van der Waals surface area contributed by atoms with Crippen LogP contribution in [0.2, 0.25) is 0 Å². The van der Waals surface area contributed by atoms with Crippen LogP contribution in [-0.2, 0) is 20.7 Å². The number of carbonyl (C=O) groups is 1. The van der Waals surface area contributed by atoms with Crippen molar-refractivity contribution >= 4 is 5.91 Å². The molecule has 1 amide bonds. The number of carbonyl (C=O) groups excluding carboxylic acids is 1. The minimum Gasteiger partial charge on any atom is -0.493 e. The number of nitrogens with one attached hydrogen (secondary N) is 1. The monoisotopic (exact) mass is 490 g/mol. The van der Waals surface area contributed by atoms with Crippen molar-refractivity contribution < 1.29 is 32.5 Å². The lowest BCUT2D eigenvalue weighted by atomic mass is 10.0. The average molecular weight is 491 g/mol. The Morgan fingerprint density at radius 2 is 1.74 bits per heavy atom. The Bertz CT molecular complexity index is 1060. The summed E-state index contributed by atoms with van der Waals surface area (Å²) in [6.45, 7) is 3.80. The molecular formula is C26H29F3N2O4. The van der Waals surface area contributed by atoms with Gasteiger partial charge in [0.05, 0.1) is 25.9 Å². The number of halogens is 3. The summed E-state index contributed by atoms with van der Waals surface area (Å²) in [6, 6.07) is 16.2. The number of aliphatic hydroxyl groups is 1. The summed E-state index contributed by atoms with van der Waals surface area (Å²) in [5.74, 6) is -1.55. The largest absolute Gasteiger partial charge is 0.493 e. The van der Waals surface area contributed by atoms with Crippen LogP contribution < -0.4 is 11.1 Å². The highest BCUT2D eigenvalue weighted by atomic mass is 19.4. The lowest BCUT2D eigenvalue weighted by Crippen LogP contribution is -2.42. The second-order valence-electron chi connectivity index (χ2n) is 7.63. The maximum atomic E-state index is 13.5. The van der Waals surface area contributed by atoms with Crippen LogP contribution in [0.15, 0.2) is 90.0 Å². The summed E-state index contributed by atoms with van der Waals surface area (Å²) < 4.78 is 51.1. The molecule has 0 heterocycles. The van der Waals surface area contributed by atoms with Gasteiger partial charge in [-0.15, -0.1) is 0 Å². The number of amides is 1. The highest BCUT2D eigenvalue weighted by Gasteiger charge is 2.35. The van der Waals surface area contributed by atoms with Crippen molar-refractivity contribution in [2.24, 2.45) is 5.73 Å². The molecule has 0 spiro atoms. The first kappa shape index (κ1) is 27.7. The number of nitrogens with two attached hydrogens (primary N) is 1. The summed E-state index contributed by atoms with van der Waals surface area (Å²) in [6.07, 6.45) is -3.22. The molecule has 2 rings (SSSR count). The SMILES string of the molecule is C=C(/C=C(OC)\C(OCCc1ccc(-c2ccccc2)cc1)=C(/C)C(F)(F)F)NC(=O)[C@@H](N)CO. The zero-order chi connectivity index (χ0) is 26.0. The number of rotatable bonds is 11. The zero-order valence-electron chi connectivity index (χ0n) is 19.6. The number of hydrogen-bond donors (Lipinski definition) is 3. The molecule has 0 saturated carbocycles. The molecule has 2 aromatic carbocycles. The number of aliphatic hydroxyl groups excluding tert-OH is 1. The molecule has 0 fully saturated rings. The highest BCUT2D eigenvalue weighted by molar-refractivity contribution is 5.83. The number of benzene rings is 2. The number of hydrogen-bond acceptors (Lipinski definition) is 5. The van der Waals surface area contributed by atoms with Crippen LogP contribution in [0.1, 0.15) is 12.5 Å². The second-order valence-corrected chi connectivity index (χ2v) is 7.63. The third-order valence-corrected chi connectivity index (χ3v) is 5.03. The van der Waals surface area contributed by atoms with Crippen molar-refractivity contribution in [1.82, 2.24) is 5.32 Å². The Morgan fingerprint density at radius 3 is 2.29 bits per heavy atom. The molecule has 0 aromatic heterocycles. The van der Waals surface area contributed by atoms with Crippen LogP contribution in [0.3, 0.4) is 0 Å². The van der Waals surface area contributed by atoms with Gasteiger partial charge in [-0.1, -0.05) is 61.2 Å². The maximum Gasteiger partial charge on any atom is 0.416 e. The quantitative estimate of drug-likeness (QED) is 0.324. The van der Waals surface area contributed by atoms with Crippen LogP contribution in [-0.4, -0.2) is 43.6 Å². The van der Waals surface area contributed by atoms with Crippen molar-refractivity contribution in [2.45, 2.75) is 25.6 Å². The Balaban J connectivity index is 2.16. The number of alkyl halides is 3. The van der Waals surface area contributed by atoms with Crippen molar-refractivity contribution in [3.63, 3.8) is 0 Å². The topological polar surface area (TPSA) is 93.8 Å². The van der Waals surface area contributed by atoms with Gasteiger partial charge in [0, 0.05) is 18.2 Å². The minimum absolute atomic E-state index is 0.0532. The van der Waals surface area contributed by atoms with Crippen LogP contribution in [0.25, 0.3) is 11.1 Å². The van der Waals surface area contributed by atoms with Crippen LogP contribution in [0.4, 0.5) is 13.2 Å². The van der Waals surface area contributed by atoms with E-state index in [1.165, 1.54) is 7.11 Å². The van der Waals surface area contributed by atoms with E-state index in [4.69, 9.17) is 20.3 Å². The minimum atomic E-state index is -4.67. The fourth-order valence-electron chi connectivity index (χ4n) is 3.00. The number of ether oxygens (including phenoxy) is 2. The summed E-state index contributed by atoms with van der Waals surface area (Å²) in [5, 5.41) is 11.2. The molecule has 35 heavy (non-hydrogen) atoms. The van der Waals surface area contributed by atoms with Crippen molar-refractivity contribution in [3.8, 4) is 11.1 Å². The van der Waals surface area contributed by atoms with E-state index < -0.39 is 36.1 Å². The smallest absolute Gasteiger partial charge is 0.416 e. The van der Waals surface area contributed by atoms with E-state index in [1.54, 1.807) is 0 Å². The first-order valence-electron chi connectivity index (χ1n) is 10.7. The van der Waals surface area contributed by atoms with Gasteiger partial charge in [-0.25, -0.2) is 0 Å². The third kappa shape index (κ3) is 8.31. The van der Waals surface area contributed by atoms with Gasteiger partial charge in [-0.3, -0.25) is 4.79 Å². The van der Waals surface area contributed by atoms with Gasteiger partial charge in [0.15, 0.2) is 11.5 Å². The van der Waals surface area contributed by atoms with E-state index in [-0.39, 0.29) is 18.1 Å². The summed E-state index contributed by atoms with van der Waals surface area (Å²) in [4.78, 5) is 11.8. The van der Waals surface area contributed by atoms with E-state index >= 15 is 0 Å². The predicted molar refractivity (Wildman–Crippen MR) is 128 cm³/mol. The number of methoxy groups -OCH3 is 1. The van der Waals surface area contributed by atoms with Gasteiger partial charge in [0.2, 0.25) is 5.91 Å². The average Bonchev–Trinajstić information content (AvgIpc) is 2.84. The zero-order valence-corrected chi connectivity index (χ0v) is 19.6. The van der Waals surface area contributed by atoms with Crippen LogP contribution in [0.5, 0.6) is 0 Å². The lowest BCUT2D eigenvalue weighted by Gasteiger charge is -2.19. The molecular weight excluding hydrogens is 461 g/mol. The molecule has 2 aromatic rings. The van der Waals surface area contributed by atoms with E-state index in [0.717, 1.165) is 29.7 Å². The van der Waals surface area contributed by atoms with E-state index in [0.29, 0.717) is 6.42 Å². The molecule has 0 radical (unpaired) electrons. The van der Waals surface area contributed by atoms with Crippen LogP contribution in [0, 0.1) is 0 Å². The normalized spacial score (nSPS) is 13.5. The predicted octanol–water partition coefficient (Wildman–Crippen LogP) is 4.23. The van der Waals surface area contributed by atoms with Gasteiger partial charge in [-0.05, 0) is 23.6 Å². The Morgan fingerprint density at radius 1 is 1.14 bits per heavy atom. The molecule has 6 nitrogen and oxygen atoms in total. The first-order chi connectivity index (χ1) is 16.6. The second kappa shape index (κ2) is 12.8. The first-order valence-corrected chi connectivity index (χ1v) is 10.7. The molecule has 0 aliphatic heterocycles. The number of allylic oxidation sites excluding steroid dienone is 2. The summed E-state index contributed by atoms with van der Waals surface area (Å²) >= 11 is 0. The lowest BCUT2D eigenvalue weighted by molar-refractivity contribution is -0.122. The standard InChI is InChI=1S/C26H29F3N2O4/c1-17(31-25(33)22(30)16-32)15-23(34-3)24(18(2)26(27,28)29)35-14-13-19-9-11-21(12-10-19)20-7-5-4-6-8-20/h4-12,15,22,32H,1,13-14,16,30H2,2-3H3,(H,31,33)/b23-15+,24-18-/t22-/m0/s1. The van der Waals surface area contributed by atoms with Gasteiger partial charge >= 0.3 is 6.18 Å². The summed E-state index contributed by atoms with van der Waals surface area (Å²) in [7, 11) is 1.18. The van der Waals surface area contributed by atoms with Crippen molar-refractivity contribution in [1.29, 1.82) is 0 Å². The molecule has 4 N–H and O–H groups in total. The third-order valence-electron chi connectivity index (χ3n) is 5.03. The molecule has 0 aliphatic rings. The fourth-order valence-corrected chi connectivity index (χ4v) is 3.00. The molecule has 0 unspecified atom stereocenters. The molecule has 0 saturated heterocycles. The Hall–Kier alpha value is -3.56. The van der Waals surface area contributed by atoms with E-state index in [1.807, 2.05) is 54.6 Å². The van der Waals surface area contributed by atoms with Crippen molar-refractivity contribution in [3.05, 3.63) is 95.6 Å². The molecule has 0 aliphatic carbocycles. The molecule has 1 atom stereocenters. The molecule has 0 bridgehead atoms. The Labute approximate surface area is 202 Å². The fraction of sp³-hybridized carbons (Fsp3) is 0.269. The molecule has 188 valence electrons. The van der Waals surface area contributed by atoms with Gasteiger partial charge in [-0.2, -0.15) is 13.2 Å². The van der Waals surface area contributed by atoms with Gasteiger partial charge in [0.1, 0.15) is 6.04 Å². The van der Waals surface area contributed by atoms with E-state index in [2.05, 4.69) is 11.9 Å². The Kier molecular flexibility index (Phi) is 10.1. The van der Waals surface area contributed by atoms with Crippen molar-refractivity contribution in [2.75, 3.05) is 20.3 Å². The highest BCUT2D eigenvalue weighted by Crippen LogP contribution is 2.32. The van der Waals surface area contributed by atoms with Gasteiger partial charge in [0.25, 0.3) is 0 Å². The maximum absolute atomic E-state index is 13.5. The molecule has 9 heteroatoms. The van der Waals surface area contributed by atoms with Gasteiger partial charge < -0.3 is 25.6 Å². The van der Waals surface area contributed by atoms with Crippen LogP contribution >= 0.6 is 0 Å². The van der Waals surface area contributed by atoms with E-state index in [9.17, 15) is 18.0 Å². The summed E-state index contributed by atoms with van der Waals surface area (Å²) in [5.41, 5.74) is 7.30.